The first-order valence-corrected chi connectivity index (χ1v) is 14.7. The highest BCUT2D eigenvalue weighted by molar-refractivity contribution is 7.93. The number of amides is 1. The van der Waals surface area contributed by atoms with Gasteiger partial charge < -0.3 is 9.64 Å². The summed E-state index contributed by atoms with van der Waals surface area (Å²) in [4.78, 5) is 18.4. The predicted octanol–water partition coefficient (Wildman–Crippen LogP) is 5.00. The Kier molecular flexibility index (Phi) is 7.43. The third kappa shape index (κ3) is 5.27. The van der Waals surface area contributed by atoms with Crippen molar-refractivity contribution < 1.29 is 17.9 Å². The number of aryl methyl sites for hydroxylation is 1. The van der Waals surface area contributed by atoms with Gasteiger partial charge in [0.15, 0.2) is 0 Å². The van der Waals surface area contributed by atoms with Crippen LogP contribution in [-0.2, 0) is 16.6 Å². The minimum Gasteiger partial charge on any atom is -0.495 e. The molecule has 0 aliphatic carbocycles. The number of hydrogen-bond acceptors (Lipinski definition) is 6. The maximum atomic E-state index is 13.4. The quantitative estimate of drug-likeness (QED) is 0.325. The van der Waals surface area contributed by atoms with E-state index in [0.29, 0.717) is 29.4 Å². The van der Waals surface area contributed by atoms with E-state index in [-0.39, 0.29) is 10.8 Å². The van der Waals surface area contributed by atoms with Gasteiger partial charge >= 0.3 is 0 Å². The van der Waals surface area contributed by atoms with Gasteiger partial charge in [0, 0.05) is 44.5 Å². The summed E-state index contributed by atoms with van der Waals surface area (Å²) in [5.41, 5.74) is 2.63. The van der Waals surface area contributed by atoms with Gasteiger partial charge in [-0.1, -0.05) is 36.4 Å². The molecule has 0 bridgehead atoms. The molecule has 5 rings (SSSR count). The van der Waals surface area contributed by atoms with Crippen LogP contribution in [0.2, 0.25) is 0 Å². The molecule has 0 unspecified atom stereocenters. The van der Waals surface area contributed by atoms with E-state index in [1.165, 1.54) is 35.4 Å². The van der Waals surface area contributed by atoms with Crippen LogP contribution in [0.25, 0.3) is 10.1 Å². The Bertz CT molecular complexity index is 1560. The lowest BCUT2D eigenvalue weighted by Crippen LogP contribution is -2.48. The second kappa shape index (κ2) is 10.8. The van der Waals surface area contributed by atoms with Crippen molar-refractivity contribution in [2.45, 2.75) is 18.4 Å². The van der Waals surface area contributed by atoms with Crippen molar-refractivity contribution in [3.05, 3.63) is 88.8 Å². The van der Waals surface area contributed by atoms with Crippen LogP contribution in [-0.4, -0.2) is 64.5 Å². The maximum Gasteiger partial charge on any atom is 0.267 e. The van der Waals surface area contributed by atoms with Crippen LogP contribution in [0.5, 0.6) is 5.75 Å². The summed E-state index contributed by atoms with van der Waals surface area (Å²) < 4.78 is 34.4. The summed E-state index contributed by atoms with van der Waals surface area (Å²) in [6.07, 6.45) is 0. The average molecular weight is 550 g/mol. The lowest BCUT2D eigenvalue weighted by Gasteiger charge is -2.34. The SMILES string of the molecule is COc1ccc(C)cc1S(=O)(=O)N(C)c1ccc2sc(C(=O)N3CCN(Cc4ccccc4)CC3)cc2c1. The Labute approximate surface area is 227 Å². The van der Waals surface area contributed by atoms with Gasteiger partial charge in [-0.2, -0.15) is 0 Å². The Morgan fingerprint density at radius 3 is 2.42 bits per heavy atom. The number of ether oxygens (including phenoxy) is 1. The number of methoxy groups -OCH3 is 1. The molecule has 0 spiro atoms. The topological polar surface area (TPSA) is 70.2 Å². The molecule has 7 nitrogen and oxygen atoms in total. The van der Waals surface area contributed by atoms with Crippen molar-refractivity contribution in [2.24, 2.45) is 0 Å². The third-order valence-corrected chi connectivity index (χ3v) is 9.85. The summed E-state index contributed by atoms with van der Waals surface area (Å²) in [6, 6.07) is 22.8. The number of nitrogens with zero attached hydrogens (tertiary/aromatic N) is 3. The second-order valence-corrected chi connectivity index (χ2v) is 12.5. The number of piperazine rings is 1. The molecule has 1 saturated heterocycles. The van der Waals surface area contributed by atoms with Gasteiger partial charge in [-0.3, -0.25) is 14.0 Å². The number of hydrogen-bond donors (Lipinski definition) is 0. The monoisotopic (exact) mass is 549 g/mol. The number of carbonyl (C=O) groups excluding carboxylic acids is 1. The first-order chi connectivity index (χ1) is 18.3. The van der Waals surface area contributed by atoms with E-state index in [4.69, 9.17) is 4.74 Å². The fourth-order valence-corrected chi connectivity index (χ4v) is 7.15. The molecule has 38 heavy (non-hydrogen) atoms. The number of anilines is 1. The molecular formula is C29H31N3O4S2. The number of thiophene rings is 1. The fourth-order valence-electron chi connectivity index (χ4n) is 4.71. The van der Waals surface area contributed by atoms with Crippen molar-refractivity contribution in [3.63, 3.8) is 0 Å². The average Bonchev–Trinajstić information content (AvgIpc) is 3.37. The molecule has 2 heterocycles. The highest BCUT2D eigenvalue weighted by Crippen LogP contribution is 2.34. The normalized spacial score (nSPS) is 14.6. The standard InChI is InChI=1S/C29H31N3O4S2/c1-21-9-11-25(36-3)28(17-21)38(34,35)30(2)24-10-12-26-23(18-24)19-27(37-26)29(33)32-15-13-31(14-16-32)20-22-7-5-4-6-8-22/h4-12,17-19H,13-16,20H2,1-3H3. The Balaban J connectivity index is 1.31. The summed E-state index contributed by atoms with van der Waals surface area (Å²) in [5, 5.41) is 0.844. The number of fused-ring (bicyclic) bond motifs is 1. The number of benzene rings is 3. The summed E-state index contributed by atoms with van der Waals surface area (Å²) >= 11 is 1.44. The molecule has 198 valence electrons. The Morgan fingerprint density at radius 2 is 1.71 bits per heavy atom. The zero-order valence-corrected chi connectivity index (χ0v) is 23.4. The van der Waals surface area contributed by atoms with Crippen molar-refractivity contribution in [2.75, 3.05) is 44.6 Å². The van der Waals surface area contributed by atoms with E-state index in [0.717, 1.165) is 35.3 Å². The summed E-state index contributed by atoms with van der Waals surface area (Å²) in [7, 11) is -0.854. The van der Waals surface area contributed by atoms with E-state index in [2.05, 4.69) is 29.2 Å². The fraction of sp³-hybridized carbons (Fsp3) is 0.276. The van der Waals surface area contributed by atoms with Gasteiger partial charge in [-0.25, -0.2) is 8.42 Å². The van der Waals surface area contributed by atoms with E-state index in [9.17, 15) is 13.2 Å². The Morgan fingerprint density at radius 1 is 0.974 bits per heavy atom. The highest BCUT2D eigenvalue weighted by atomic mass is 32.2. The highest BCUT2D eigenvalue weighted by Gasteiger charge is 2.27. The molecule has 0 atom stereocenters. The molecule has 0 radical (unpaired) electrons. The molecule has 1 aromatic heterocycles. The van der Waals surface area contributed by atoms with Crippen LogP contribution in [0.15, 0.2) is 77.7 Å². The van der Waals surface area contributed by atoms with E-state index < -0.39 is 10.0 Å². The maximum absolute atomic E-state index is 13.4. The second-order valence-electron chi connectivity index (χ2n) is 9.51. The van der Waals surface area contributed by atoms with Crippen molar-refractivity contribution in [3.8, 4) is 5.75 Å². The van der Waals surface area contributed by atoms with Crippen LogP contribution < -0.4 is 9.04 Å². The molecule has 1 aliphatic rings. The van der Waals surface area contributed by atoms with Crippen molar-refractivity contribution >= 4 is 43.0 Å². The van der Waals surface area contributed by atoms with Gasteiger partial charge in [0.25, 0.3) is 15.9 Å². The van der Waals surface area contributed by atoms with Crippen molar-refractivity contribution in [1.82, 2.24) is 9.80 Å². The molecule has 9 heteroatoms. The van der Waals surface area contributed by atoms with Crippen LogP contribution >= 0.6 is 11.3 Å². The van der Waals surface area contributed by atoms with Crippen molar-refractivity contribution in [1.29, 1.82) is 0 Å². The zero-order valence-electron chi connectivity index (χ0n) is 21.8. The van der Waals surface area contributed by atoms with E-state index in [1.54, 1.807) is 18.2 Å². The van der Waals surface area contributed by atoms with Crippen LogP contribution in [0, 0.1) is 6.92 Å². The predicted molar refractivity (Wildman–Crippen MR) is 153 cm³/mol. The summed E-state index contributed by atoms with van der Waals surface area (Å²) in [6.45, 7) is 5.77. The number of sulfonamides is 1. The molecule has 0 N–H and O–H groups in total. The third-order valence-electron chi connectivity index (χ3n) is 6.94. The lowest BCUT2D eigenvalue weighted by molar-refractivity contribution is 0.0633. The number of rotatable bonds is 7. The molecule has 1 amide bonds. The van der Waals surface area contributed by atoms with Crippen LogP contribution in [0.1, 0.15) is 20.8 Å². The smallest absolute Gasteiger partial charge is 0.267 e. The zero-order chi connectivity index (χ0) is 26.9. The van der Waals surface area contributed by atoms with E-state index in [1.807, 2.05) is 42.2 Å². The number of carbonyl (C=O) groups is 1. The lowest BCUT2D eigenvalue weighted by atomic mass is 10.2. The van der Waals surface area contributed by atoms with Gasteiger partial charge in [0.1, 0.15) is 10.6 Å². The first-order valence-electron chi connectivity index (χ1n) is 12.5. The molecule has 0 saturated carbocycles. The molecular weight excluding hydrogens is 518 g/mol. The van der Waals surface area contributed by atoms with E-state index >= 15 is 0 Å². The van der Waals surface area contributed by atoms with Gasteiger partial charge in [0.2, 0.25) is 0 Å². The van der Waals surface area contributed by atoms with Gasteiger partial charge in [-0.15, -0.1) is 11.3 Å². The first kappa shape index (κ1) is 26.2. The minimum atomic E-state index is -3.85. The minimum absolute atomic E-state index is 0.0255. The van der Waals surface area contributed by atoms with Crippen LogP contribution in [0.3, 0.4) is 0 Å². The summed E-state index contributed by atoms with van der Waals surface area (Å²) in [5.74, 6) is 0.327. The molecule has 3 aromatic carbocycles. The molecule has 4 aromatic rings. The Hall–Kier alpha value is -3.40. The van der Waals surface area contributed by atoms with Gasteiger partial charge in [0.05, 0.1) is 17.7 Å². The van der Waals surface area contributed by atoms with Gasteiger partial charge in [-0.05, 0) is 59.8 Å². The van der Waals surface area contributed by atoms with Crippen LogP contribution in [0.4, 0.5) is 5.69 Å². The molecule has 1 aliphatic heterocycles. The molecule has 1 fully saturated rings. The largest absolute Gasteiger partial charge is 0.495 e.